The number of aromatic amines is 1. The number of H-pyrrole nitrogens is 1. The molecule has 1 aromatic carbocycles. The van der Waals surface area contributed by atoms with E-state index in [2.05, 4.69) is 4.98 Å². The second kappa shape index (κ2) is 4.01. The highest BCUT2D eigenvalue weighted by atomic mass is 16.4. The van der Waals surface area contributed by atoms with Gasteiger partial charge in [-0.2, -0.15) is 0 Å². The van der Waals surface area contributed by atoms with Crippen LogP contribution in [0.25, 0.3) is 10.9 Å². The summed E-state index contributed by atoms with van der Waals surface area (Å²) in [5.74, 6) is -0.613. The molecular weight excluding hydrogens is 246 g/mol. The number of aromatic nitrogens is 1. The minimum atomic E-state index is -1.13. The number of nitrogens with two attached hydrogens (primary N) is 1. The van der Waals surface area contributed by atoms with Gasteiger partial charge < -0.3 is 15.8 Å². The van der Waals surface area contributed by atoms with Crippen LogP contribution >= 0.6 is 0 Å². The van der Waals surface area contributed by atoms with E-state index >= 15 is 0 Å². The first-order valence-corrected chi connectivity index (χ1v) is 5.95. The third kappa shape index (κ3) is 1.72. The molecule has 1 aliphatic rings. The topological polar surface area (TPSA) is 99.4 Å². The van der Waals surface area contributed by atoms with E-state index in [1.165, 1.54) is 0 Å². The van der Waals surface area contributed by atoms with E-state index in [0.717, 1.165) is 27.1 Å². The Morgan fingerprint density at radius 3 is 2.79 bits per heavy atom. The molecule has 2 amide bonds. The van der Waals surface area contributed by atoms with Gasteiger partial charge in [-0.1, -0.05) is 18.2 Å². The van der Waals surface area contributed by atoms with E-state index in [1.54, 1.807) is 0 Å². The smallest absolute Gasteiger partial charge is 0.408 e. The van der Waals surface area contributed by atoms with Gasteiger partial charge in [-0.3, -0.25) is 9.69 Å². The number of amides is 2. The molecule has 6 heteroatoms. The molecule has 2 heterocycles. The van der Waals surface area contributed by atoms with Crippen molar-refractivity contribution in [2.75, 3.05) is 0 Å². The Balaban J connectivity index is 2.12. The highest BCUT2D eigenvalue weighted by Crippen LogP contribution is 2.30. The number of hydrogen-bond donors (Lipinski definition) is 3. The van der Waals surface area contributed by atoms with Crippen molar-refractivity contribution in [2.45, 2.75) is 19.0 Å². The Bertz CT molecular complexity index is 677. The fourth-order valence-corrected chi connectivity index (χ4v) is 2.66. The van der Waals surface area contributed by atoms with E-state index in [9.17, 15) is 9.59 Å². The highest BCUT2D eigenvalue weighted by Gasteiger charge is 2.35. The zero-order valence-electron chi connectivity index (χ0n) is 10.1. The lowest BCUT2D eigenvalue weighted by Crippen LogP contribution is -2.50. The molecule has 98 valence electrons. The maximum atomic E-state index is 11.4. The van der Waals surface area contributed by atoms with E-state index in [4.69, 9.17) is 10.8 Å². The number of para-hydroxylation sites is 1. The van der Waals surface area contributed by atoms with Crippen LogP contribution < -0.4 is 5.73 Å². The summed E-state index contributed by atoms with van der Waals surface area (Å²) in [7, 11) is 0. The van der Waals surface area contributed by atoms with Crippen molar-refractivity contribution in [1.82, 2.24) is 9.88 Å². The van der Waals surface area contributed by atoms with Crippen LogP contribution in [-0.2, 0) is 17.8 Å². The second-order valence-corrected chi connectivity index (χ2v) is 4.66. The molecule has 1 aromatic heterocycles. The average Bonchev–Trinajstić information content (AvgIpc) is 2.74. The lowest BCUT2D eigenvalue weighted by molar-refractivity contribution is -0.123. The van der Waals surface area contributed by atoms with Crippen LogP contribution in [0.5, 0.6) is 0 Å². The third-order valence-corrected chi connectivity index (χ3v) is 3.58. The summed E-state index contributed by atoms with van der Waals surface area (Å²) in [5, 5.41) is 10.2. The van der Waals surface area contributed by atoms with Gasteiger partial charge in [-0.05, 0) is 11.6 Å². The number of primary amides is 1. The first-order chi connectivity index (χ1) is 9.08. The normalized spacial score (nSPS) is 18.3. The molecule has 0 saturated heterocycles. The number of carbonyl (C=O) groups excluding carboxylic acids is 1. The van der Waals surface area contributed by atoms with Crippen LogP contribution in [0.4, 0.5) is 4.79 Å². The van der Waals surface area contributed by atoms with Gasteiger partial charge in [0, 0.05) is 23.0 Å². The monoisotopic (exact) mass is 259 g/mol. The number of nitrogens with one attached hydrogen (secondary N) is 1. The standard InChI is InChI=1S/C13H13N3O3/c14-12(17)11-5-8-7-3-1-2-4-9(7)15-10(8)6-16(11)13(18)19/h1-4,11,15H,5-6H2,(H2,14,17)(H,18,19). The van der Waals surface area contributed by atoms with Crippen LogP contribution in [0.15, 0.2) is 24.3 Å². The molecule has 3 rings (SSSR count). The maximum absolute atomic E-state index is 11.4. The largest absolute Gasteiger partial charge is 0.465 e. The Kier molecular flexibility index (Phi) is 2.45. The van der Waals surface area contributed by atoms with Gasteiger partial charge in [0.2, 0.25) is 5.91 Å². The van der Waals surface area contributed by atoms with Crippen LogP contribution in [0, 0.1) is 0 Å². The van der Waals surface area contributed by atoms with Crippen LogP contribution in [0.2, 0.25) is 0 Å². The van der Waals surface area contributed by atoms with Gasteiger partial charge in [0.05, 0.1) is 6.54 Å². The summed E-state index contributed by atoms with van der Waals surface area (Å²) in [6.45, 7) is 0.160. The lowest BCUT2D eigenvalue weighted by atomic mass is 9.96. The molecule has 19 heavy (non-hydrogen) atoms. The number of benzene rings is 1. The van der Waals surface area contributed by atoms with Crippen molar-refractivity contribution in [3.8, 4) is 0 Å². The minimum Gasteiger partial charge on any atom is -0.465 e. The van der Waals surface area contributed by atoms with Crippen molar-refractivity contribution in [2.24, 2.45) is 5.73 Å². The molecule has 0 bridgehead atoms. The van der Waals surface area contributed by atoms with Crippen molar-refractivity contribution >= 4 is 22.9 Å². The van der Waals surface area contributed by atoms with E-state index in [0.29, 0.717) is 6.42 Å². The first-order valence-electron chi connectivity index (χ1n) is 5.95. The average molecular weight is 259 g/mol. The van der Waals surface area contributed by atoms with Crippen LogP contribution in [0.3, 0.4) is 0 Å². The van der Waals surface area contributed by atoms with Crippen molar-refractivity contribution < 1.29 is 14.7 Å². The van der Waals surface area contributed by atoms with E-state index in [-0.39, 0.29) is 6.54 Å². The Hall–Kier alpha value is -2.50. The predicted molar refractivity (Wildman–Crippen MR) is 68.6 cm³/mol. The lowest BCUT2D eigenvalue weighted by Gasteiger charge is -2.31. The summed E-state index contributed by atoms with van der Waals surface area (Å²) in [6.07, 6.45) is -0.811. The second-order valence-electron chi connectivity index (χ2n) is 4.66. The number of fused-ring (bicyclic) bond motifs is 3. The van der Waals surface area contributed by atoms with Gasteiger partial charge in [-0.15, -0.1) is 0 Å². The number of hydrogen-bond acceptors (Lipinski definition) is 2. The van der Waals surface area contributed by atoms with Gasteiger partial charge in [-0.25, -0.2) is 4.79 Å². The molecule has 2 aromatic rings. The van der Waals surface area contributed by atoms with Crippen molar-refractivity contribution in [1.29, 1.82) is 0 Å². The molecule has 6 nitrogen and oxygen atoms in total. The first kappa shape index (κ1) is 11.6. The molecule has 1 aliphatic heterocycles. The summed E-state index contributed by atoms with van der Waals surface area (Å²) < 4.78 is 0. The van der Waals surface area contributed by atoms with Crippen LogP contribution in [-0.4, -0.2) is 33.0 Å². The molecule has 1 atom stereocenters. The van der Waals surface area contributed by atoms with Gasteiger partial charge >= 0.3 is 6.09 Å². The summed E-state index contributed by atoms with van der Waals surface area (Å²) in [5.41, 5.74) is 8.08. The molecule has 0 radical (unpaired) electrons. The maximum Gasteiger partial charge on any atom is 0.408 e. The number of carbonyl (C=O) groups is 2. The summed E-state index contributed by atoms with van der Waals surface area (Å²) in [6, 6.07) is 6.91. The highest BCUT2D eigenvalue weighted by molar-refractivity contribution is 5.89. The minimum absolute atomic E-state index is 0.160. The quantitative estimate of drug-likeness (QED) is 0.713. The zero-order chi connectivity index (χ0) is 13.6. The molecule has 1 unspecified atom stereocenters. The zero-order valence-corrected chi connectivity index (χ0v) is 10.1. The molecule has 4 N–H and O–H groups in total. The fourth-order valence-electron chi connectivity index (χ4n) is 2.66. The van der Waals surface area contributed by atoms with Gasteiger partial charge in [0.15, 0.2) is 0 Å². The Labute approximate surface area is 108 Å². The van der Waals surface area contributed by atoms with E-state index < -0.39 is 18.0 Å². The van der Waals surface area contributed by atoms with Gasteiger partial charge in [0.25, 0.3) is 0 Å². The summed E-state index contributed by atoms with van der Waals surface area (Å²) >= 11 is 0. The SMILES string of the molecule is NC(=O)C1Cc2c([nH]c3ccccc23)CN1C(=O)O. The number of carboxylic acid groups (broad SMARTS) is 1. The van der Waals surface area contributed by atoms with Crippen molar-refractivity contribution in [3.63, 3.8) is 0 Å². The molecule has 0 spiro atoms. The molecule has 0 aliphatic carbocycles. The molecule has 0 fully saturated rings. The molecule has 0 saturated carbocycles. The fraction of sp³-hybridized carbons (Fsp3) is 0.231. The van der Waals surface area contributed by atoms with Crippen molar-refractivity contribution in [3.05, 3.63) is 35.5 Å². The van der Waals surface area contributed by atoms with Gasteiger partial charge in [0.1, 0.15) is 6.04 Å². The van der Waals surface area contributed by atoms with E-state index in [1.807, 2.05) is 24.3 Å². The predicted octanol–water partition coefficient (Wildman–Crippen LogP) is 1.06. The number of nitrogens with zero attached hydrogens (tertiary/aromatic N) is 1. The number of rotatable bonds is 1. The Morgan fingerprint density at radius 2 is 2.11 bits per heavy atom. The Morgan fingerprint density at radius 1 is 1.37 bits per heavy atom. The van der Waals surface area contributed by atoms with Crippen LogP contribution in [0.1, 0.15) is 11.3 Å². The summed E-state index contributed by atoms with van der Waals surface area (Å²) in [4.78, 5) is 26.9. The third-order valence-electron chi connectivity index (χ3n) is 3.58. The molecular formula is C13H13N3O3.